The van der Waals surface area contributed by atoms with Gasteiger partial charge in [0.15, 0.2) is 0 Å². The summed E-state index contributed by atoms with van der Waals surface area (Å²) in [5.41, 5.74) is 0.452. The summed E-state index contributed by atoms with van der Waals surface area (Å²) in [5, 5.41) is 3.71. The molecule has 0 bridgehead atoms. The number of rotatable bonds is 7. The molecule has 0 aromatic carbocycles. The van der Waals surface area contributed by atoms with Crippen molar-refractivity contribution in [3.8, 4) is 0 Å². The fraction of sp³-hybridized carbons (Fsp3) is 1.00. The van der Waals surface area contributed by atoms with E-state index >= 15 is 0 Å². The fourth-order valence-corrected chi connectivity index (χ4v) is 2.26. The maximum atomic E-state index is 5.37. The van der Waals surface area contributed by atoms with Crippen LogP contribution < -0.4 is 5.32 Å². The van der Waals surface area contributed by atoms with Crippen LogP contribution in [0.15, 0.2) is 0 Å². The maximum Gasteiger partial charge on any atom is 0.0480 e. The molecule has 0 saturated carbocycles. The molecule has 1 aliphatic rings. The van der Waals surface area contributed by atoms with Crippen LogP contribution in [0.4, 0.5) is 0 Å². The zero-order chi connectivity index (χ0) is 11.9. The van der Waals surface area contributed by atoms with Gasteiger partial charge in [-0.1, -0.05) is 40.0 Å². The lowest BCUT2D eigenvalue weighted by Gasteiger charge is -2.30. The Bertz CT molecular complexity index is 174. The van der Waals surface area contributed by atoms with E-state index in [-0.39, 0.29) is 0 Å². The molecule has 0 radical (unpaired) electrons. The zero-order valence-electron chi connectivity index (χ0n) is 11.3. The molecular weight excluding hydrogens is 198 g/mol. The van der Waals surface area contributed by atoms with Gasteiger partial charge in [0.1, 0.15) is 0 Å². The SMILES string of the molecule is CCCCCC(C)(C)CNC1CCOCC1. The second-order valence-electron chi connectivity index (χ2n) is 5.89. The molecule has 0 unspecified atom stereocenters. The lowest BCUT2D eigenvalue weighted by molar-refractivity contribution is 0.0747. The van der Waals surface area contributed by atoms with E-state index in [0.717, 1.165) is 19.8 Å². The second kappa shape index (κ2) is 7.29. The van der Waals surface area contributed by atoms with Crippen LogP contribution >= 0.6 is 0 Å². The van der Waals surface area contributed by atoms with Crippen LogP contribution in [0, 0.1) is 5.41 Å². The van der Waals surface area contributed by atoms with Crippen molar-refractivity contribution in [2.75, 3.05) is 19.8 Å². The van der Waals surface area contributed by atoms with Crippen molar-refractivity contribution in [3.05, 3.63) is 0 Å². The van der Waals surface area contributed by atoms with Crippen molar-refractivity contribution in [1.29, 1.82) is 0 Å². The Balaban J connectivity index is 2.13. The molecule has 1 N–H and O–H groups in total. The van der Waals surface area contributed by atoms with Crippen LogP contribution in [0.1, 0.15) is 59.3 Å². The lowest BCUT2D eigenvalue weighted by atomic mass is 9.86. The summed E-state index contributed by atoms with van der Waals surface area (Å²) in [6.45, 7) is 10.1. The summed E-state index contributed by atoms with van der Waals surface area (Å²) in [6.07, 6.45) is 7.79. The summed E-state index contributed by atoms with van der Waals surface area (Å²) >= 11 is 0. The number of unbranched alkanes of at least 4 members (excludes halogenated alkanes) is 2. The van der Waals surface area contributed by atoms with Gasteiger partial charge in [-0.3, -0.25) is 0 Å². The van der Waals surface area contributed by atoms with E-state index in [9.17, 15) is 0 Å². The predicted molar refractivity (Wildman–Crippen MR) is 69.8 cm³/mol. The third kappa shape index (κ3) is 5.86. The smallest absolute Gasteiger partial charge is 0.0480 e. The number of hydrogen-bond donors (Lipinski definition) is 1. The molecule has 16 heavy (non-hydrogen) atoms. The van der Waals surface area contributed by atoms with Gasteiger partial charge in [-0.15, -0.1) is 0 Å². The normalized spacial score (nSPS) is 18.9. The van der Waals surface area contributed by atoms with Crippen molar-refractivity contribution >= 4 is 0 Å². The topological polar surface area (TPSA) is 21.3 Å². The third-order valence-electron chi connectivity index (χ3n) is 3.55. The summed E-state index contributed by atoms with van der Waals surface area (Å²) in [6, 6.07) is 0.694. The van der Waals surface area contributed by atoms with E-state index < -0.39 is 0 Å². The maximum absolute atomic E-state index is 5.37. The minimum atomic E-state index is 0.452. The molecule has 2 nitrogen and oxygen atoms in total. The first-order chi connectivity index (χ1) is 7.64. The van der Waals surface area contributed by atoms with Gasteiger partial charge in [-0.2, -0.15) is 0 Å². The Hall–Kier alpha value is -0.0800. The lowest BCUT2D eigenvalue weighted by Crippen LogP contribution is -2.40. The van der Waals surface area contributed by atoms with Crippen molar-refractivity contribution in [2.24, 2.45) is 5.41 Å². The highest BCUT2D eigenvalue weighted by Crippen LogP contribution is 2.23. The molecule has 0 aromatic rings. The molecule has 0 atom stereocenters. The molecule has 0 spiro atoms. The molecule has 0 amide bonds. The summed E-state index contributed by atoms with van der Waals surface area (Å²) in [5.74, 6) is 0. The number of ether oxygens (including phenoxy) is 1. The Kier molecular flexibility index (Phi) is 6.37. The van der Waals surface area contributed by atoms with Crippen molar-refractivity contribution in [3.63, 3.8) is 0 Å². The standard InChI is InChI=1S/C14H29NO/c1-4-5-6-9-14(2,3)12-15-13-7-10-16-11-8-13/h13,15H,4-12H2,1-3H3. The minimum Gasteiger partial charge on any atom is -0.381 e. The number of nitrogens with one attached hydrogen (secondary N) is 1. The van der Waals surface area contributed by atoms with Crippen LogP contribution in [0.25, 0.3) is 0 Å². The summed E-state index contributed by atoms with van der Waals surface area (Å²) in [7, 11) is 0. The largest absolute Gasteiger partial charge is 0.381 e. The zero-order valence-corrected chi connectivity index (χ0v) is 11.3. The minimum absolute atomic E-state index is 0.452. The highest BCUT2D eigenvalue weighted by Gasteiger charge is 2.20. The average molecular weight is 227 g/mol. The van der Waals surface area contributed by atoms with Gasteiger partial charge in [0, 0.05) is 25.8 Å². The van der Waals surface area contributed by atoms with Crippen LogP contribution in [-0.4, -0.2) is 25.8 Å². The molecular formula is C14H29NO. The van der Waals surface area contributed by atoms with Gasteiger partial charge in [0.25, 0.3) is 0 Å². The van der Waals surface area contributed by atoms with Crippen LogP contribution in [0.5, 0.6) is 0 Å². The number of hydrogen-bond acceptors (Lipinski definition) is 2. The van der Waals surface area contributed by atoms with E-state index in [2.05, 4.69) is 26.1 Å². The first-order valence-electron chi connectivity index (χ1n) is 6.95. The molecule has 1 saturated heterocycles. The summed E-state index contributed by atoms with van der Waals surface area (Å²) in [4.78, 5) is 0. The molecule has 1 fully saturated rings. The van der Waals surface area contributed by atoms with Crippen molar-refractivity contribution in [1.82, 2.24) is 5.32 Å². The molecule has 0 aliphatic carbocycles. The van der Waals surface area contributed by atoms with E-state index in [1.165, 1.54) is 38.5 Å². The Labute approximate surface area is 101 Å². The van der Waals surface area contributed by atoms with E-state index in [1.54, 1.807) is 0 Å². The molecule has 96 valence electrons. The van der Waals surface area contributed by atoms with Gasteiger partial charge in [0.05, 0.1) is 0 Å². The van der Waals surface area contributed by atoms with Gasteiger partial charge in [0.2, 0.25) is 0 Å². The van der Waals surface area contributed by atoms with Crippen LogP contribution in [-0.2, 0) is 4.74 Å². The quantitative estimate of drug-likeness (QED) is 0.673. The fourth-order valence-electron chi connectivity index (χ4n) is 2.26. The van der Waals surface area contributed by atoms with Gasteiger partial charge >= 0.3 is 0 Å². The monoisotopic (exact) mass is 227 g/mol. The van der Waals surface area contributed by atoms with E-state index in [4.69, 9.17) is 4.74 Å². The molecule has 0 aromatic heterocycles. The predicted octanol–water partition coefficient (Wildman–Crippen LogP) is 3.36. The van der Waals surface area contributed by atoms with Crippen molar-refractivity contribution in [2.45, 2.75) is 65.3 Å². The molecule has 1 aliphatic heterocycles. The average Bonchev–Trinajstić information content (AvgIpc) is 2.28. The first-order valence-corrected chi connectivity index (χ1v) is 6.95. The highest BCUT2D eigenvalue weighted by atomic mass is 16.5. The second-order valence-corrected chi connectivity index (χ2v) is 5.89. The van der Waals surface area contributed by atoms with Gasteiger partial charge < -0.3 is 10.1 Å². The van der Waals surface area contributed by atoms with Gasteiger partial charge in [-0.25, -0.2) is 0 Å². The van der Waals surface area contributed by atoms with Crippen molar-refractivity contribution < 1.29 is 4.74 Å². The Morgan fingerprint density at radius 2 is 1.88 bits per heavy atom. The highest BCUT2D eigenvalue weighted by molar-refractivity contribution is 4.77. The molecule has 2 heteroatoms. The van der Waals surface area contributed by atoms with E-state index in [0.29, 0.717) is 11.5 Å². The summed E-state index contributed by atoms with van der Waals surface area (Å²) < 4.78 is 5.37. The Morgan fingerprint density at radius 3 is 2.50 bits per heavy atom. The van der Waals surface area contributed by atoms with E-state index in [1.807, 2.05) is 0 Å². The van der Waals surface area contributed by atoms with Gasteiger partial charge in [-0.05, 0) is 24.7 Å². The first kappa shape index (κ1) is 14.0. The van der Waals surface area contributed by atoms with Crippen LogP contribution in [0.2, 0.25) is 0 Å². The molecule has 1 rings (SSSR count). The van der Waals surface area contributed by atoms with Crippen LogP contribution in [0.3, 0.4) is 0 Å². The Morgan fingerprint density at radius 1 is 1.19 bits per heavy atom. The third-order valence-corrected chi connectivity index (χ3v) is 3.55. The molecule has 1 heterocycles.